The molecule has 4 atom stereocenters. The van der Waals surface area contributed by atoms with Crippen molar-refractivity contribution in [3.63, 3.8) is 0 Å². The Kier molecular flexibility index (Phi) is 7.49. The van der Waals surface area contributed by atoms with Gasteiger partial charge < -0.3 is 30.0 Å². The predicted octanol–water partition coefficient (Wildman–Crippen LogP) is 3.31. The van der Waals surface area contributed by atoms with Gasteiger partial charge in [-0.25, -0.2) is 4.79 Å². The molecule has 1 aliphatic heterocycles. The highest BCUT2D eigenvalue weighted by Gasteiger charge is 2.64. The Morgan fingerprint density at radius 3 is 2.47 bits per heavy atom. The summed E-state index contributed by atoms with van der Waals surface area (Å²) in [5.74, 6) is -0.0280. The zero-order chi connectivity index (χ0) is 21.9. The third-order valence-electron chi connectivity index (χ3n) is 6.95. The van der Waals surface area contributed by atoms with Crippen LogP contribution in [0.3, 0.4) is 0 Å². The summed E-state index contributed by atoms with van der Waals surface area (Å²) in [6.45, 7) is 9.52. The van der Waals surface area contributed by atoms with Crippen molar-refractivity contribution in [1.29, 1.82) is 0 Å². The number of methoxy groups -OCH3 is 1. The van der Waals surface area contributed by atoms with Gasteiger partial charge in [0.15, 0.2) is 0 Å². The van der Waals surface area contributed by atoms with E-state index in [1.807, 2.05) is 0 Å². The average Bonchev–Trinajstić information content (AvgIpc) is 3.44. The average molecular weight is 425 g/mol. The van der Waals surface area contributed by atoms with Crippen LogP contribution in [-0.2, 0) is 18.9 Å². The third kappa shape index (κ3) is 5.55. The molecule has 7 heteroatoms. The van der Waals surface area contributed by atoms with E-state index in [-0.39, 0.29) is 41.9 Å². The van der Waals surface area contributed by atoms with Crippen molar-refractivity contribution in [2.75, 3.05) is 20.3 Å². The summed E-state index contributed by atoms with van der Waals surface area (Å²) < 4.78 is 24.0. The molecule has 2 saturated carbocycles. The lowest BCUT2D eigenvalue weighted by Crippen LogP contribution is -2.59. The first-order valence-electron chi connectivity index (χ1n) is 11.3. The fourth-order valence-electron chi connectivity index (χ4n) is 5.19. The molecular formula is C23H40N2O5. The Labute approximate surface area is 181 Å². The Hall–Kier alpha value is -1.15. The van der Waals surface area contributed by atoms with Crippen LogP contribution in [0.1, 0.15) is 66.2 Å². The first kappa shape index (κ1) is 23.5. The maximum Gasteiger partial charge on any atom is 0.407 e. The van der Waals surface area contributed by atoms with E-state index in [0.29, 0.717) is 13.2 Å². The number of ether oxygens (including phenoxy) is 4. The van der Waals surface area contributed by atoms with Gasteiger partial charge in [-0.3, -0.25) is 0 Å². The zero-order valence-corrected chi connectivity index (χ0v) is 19.2. The number of hydrogen-bond acceptors (Lipinski definition) is 6. The molecule has 0 aromatic carbocycles. The van der Waals surface area contributed by atoms with Gasteiger partial charge >= 0.3 is 6.09 Å². The first-order chi connectivity index (χ1) is 14.2. The molecule has 30 heavy (non-hydrogen) atoms. The van der Waals surface area contributed by atoms with Crippen LogP contribution in [0.5, 0.6) is 0 Å². The van der Waals surface area contributed by atoms with Crippen LogP contribution in [0.25, 0.3) is 0 Å². The van der Waals surface area contributed by atoms with E-state index < -0.39 is 5.60 Å². The van der Waals surface area contributed by atoms with E-state index in [4.69, 9.17) is 24.7 Å². The van der Waals surface area contributed by atoms with Gasteiger partial charge in [0, 0.05) is 25.1 Å². The number of carbonyl (C=O) groups is 1. The molecule has 0 radical (unpaired) electrons. The molecule has 3 rings (SSSR count). The monoisotopic (exact) mass is 424 g/mol. The predicted molar refractivity (Wildman–Crippen MR) is 115 cm³/mol. The number of epoxide rings is 1. The van der Waals surface area contributed by atoms with Crippen molar-refractivity contribution in [2.24, 2.45) is 11.7 Å². The van der Waals surface area contributed by atoms with E-state index >= 15 is 0 Å². The van der Waals surface area contributed by atoms with E-state index in [0.717, 1.165) is 38.5 Å². The van der Waals surface area contributed by atoms with Gasteiger partial charge in [0.2, 0.25) is 0 Å². The number of rotatable bonds is 7. The first-order valence-corrected chi connectivity index (χ1v) is 11.3. The van der Waals surface area contributed by atoms with Crippen LogP contribution in [0, 0.1) is 5.92 Å². The maximum absolute atomic E-state index is 12.6. The van der Waals surface area contributed by atoms with E-state index in [1.54, 1.807) is 7.11 Å². The largest absolute Gasteiger partial charge is 0.443 e. The second-order valence-electron chi connectivity index (χ2n) is 9.97. The van der Waals surface area contributed by atoms with Crippen LogP contribution >= 0.6 is 0 Å². The third-order valence-corrected chi connectivity index (χ3v) is 6.95. The van der Waals surface area contributed by atoms with Gasteiger partial charge in [0.1, 0.15) is 12.2 Å². The minimum Gasteiger partial charge on any atom is -0.443 e. The normalized spacial score (nSPS) is 36.3. The van der Waals surface area contributed by atoms with Crippen LogP contribution < -0.4 is 11.1 Å². The van der Waals surface area contributed by atoms with E-state index in [1.165, 1.54) is 5.57 Å². The van der Waals surface area contributed by atoms with Crippen LogP contribution in [0.15, 0.2) is 11.6 Å². The topological polar surface area (TPSA) is 95.3 Å². The number of amides is 1. The number of alkyl carbamates (subject to hydrolysis) is 1. The highest BCUT2D eigenvalue weighted by Crippen LogP contribution is 2.52. The zero-order valence-electron chi connectivity index (χ0n) is 19.2. The molecule has 3 unspecified atom stereocenters. The summed E-state index contributed by atoms with van der Waals surface area (Å²) in [7, 11) is 1.68. The van der Waals surface area contributed by atoms with Gasteiger partial charge in [0.25, 0.3) is 0 Å². The molecule has 172 valence electrons. The molecule has 3 fully saturated rings. The van der Waals surface area contributed by atoms with E-state index in [2.05, 4.69) is 39.1 Å². The van der Waals surface area contributed by atoms with E-state index in [9.17, 15) is 4.79 Å². The van der Waals surface area contributed by atoms with Crippen molar-refractivity contribution in [3.05, 3.63) is 11.6 Å². The number of nitrogens with two attached hydrogens (primary N) is 1. The fraction of sp³-hybridized carbons (Fsp3) is 0.870. The highest BCUT2D eigenvalue weighted by molar-refractivity contribution is 5.68. The standard InChI is InChI=1S/C23H40N2O5/c1-15(2)11-13-28-22(3,4)20-19(27-5)18(10-12-23(20)14-29-23)30-21(26)25-17-8-6-16(24)7-9-17/h11,16-20H,6-10,12-14,24H2,1-5H3,(H,25,26)/t16?,17?,18?,19?,20?,23-/m0/s1. The summed E-state index contributed by atoms with van der Waals surface area (Å²) in [5.41, 5.74) is 6.45. The minimum atomic E-state index is -0.485. The highest BCUT2D eigenvalue weighted by atomic mass is 16.6. The second-order valence-corrected chi connectivity index (χ2v) is 9.97. The Morgan fingerprint density at radius 2 is 1.90 bits per heavy atom. The molecule has 3 aliphatic rings. The number of carbonyl (C=O) groups excluding carboxylic acids is 1. The molecule has 0 aromatic rings. The quantitative estimate of drug-likeness (QED) is 0.481. The number of nitrogens with one attached hydrogen (secondary N) is 1. The van der Waals surface area contributed by atoms with Gasteiger partial charge in [-0.05, 0) is 66.2 Å². The van der Waals surface area contributed by atoms with Gasteiger partial charge in [-0.15, -0.1) is 0 Å². The molecule has 1 amide bonds. The van der Waals surface area contributed by atoms with Crippen molar-refractivity contribution in [1.82, 2.24) is 5.32 Å². The molecule has 0 bridgehead atoms. The molecule has 1 heterocycles. The van der Waals surface area contributed by atoms with Crippen molar-refractivity contribution >= 4 is 6.09 Å². The van der Waals surface area contributed by atoms with Crippen LogP contribution in [-0.4, -0.2) is 61.9 Å². The lowest BCUT2D eigenvalue weighted by atomic mass is 9.68. The summed E-state index contributed by atoms with van der Waals surface area (Å²) in [4.78, 5) is 12.6. The minimum absolute atomic E-state index is 0.0280. The molecular weight excluding hydrogens is 384 g/mol. The van der Waals surface area contributed by atoms with Gasteiger partial charge in [-0.1, -0.05) is 11.6 Å². The summed E-state index contributed by atoms with van der Waals surface area (Å²) in [6, 6.07) is 0.388. The van der Waals surface area contributed by atoms with Crippen LogP contribution in [0.2, 0.25) is 0 Å². The van der Waals surface area contributed by atoms with Gasteiger partial charge in [0.05, 0.1) is 24.4 Å². The second kappa shape index (κ2) is 9.55. The smallest absolute Gasteiger partial charge is 0.407 e. The molecule has 7 nitrogen and oxygen atoms in total. The molecule has 1 saturated heterocycles. The molecule has 0 aromatic heterocycles. The van der Waals surface area contributed by atoms with Crippen molar-refractivity contribution in [3.8, 4) is 0 Å². The SMILES string of the molecule is COC1C(OC(=O)NC2CCC(N)CC2)CC[C@]2(CO2)C1C(C)(C)OCC=C(C)C. The van der Waals surface area contributed by atoms with Crippen LogP contribution in [0.4, 0.5) is 4.79 Å². The Balaban J connectivity index is 1.64. The Morgan fingerprint density at radius 1 is 1.23 bits per heavy atom. The van der Waals surface area contributed by atoms with Crippen molar-refractivity contribution < 1.29 is 23.7 Å². The summed E-state index contributed by atoms with van der Waals surface area (Å²) >= 11 is 0. The lowest BCUT2D eigenvalue weighted by Gasteiger charge is -2.47. The lowest BCUT2D eigenvalue weighted by molar-refractivity contribution is -0.172. The summed E-state index contributed by atoms with van der Waals surface area (Å²) in [5, 5.41) is 3.03. The number of hydrogen-bond donors (Lipinski definition) is 2. The molecule has 2 aliphatic carbocycles. The fourth-order valence-corrected chi connectivity index (χ4v) is 5.19. The van der Waals surface area contributed by atoms with Gasteiger partial charge in [-0.2, -0.15) is 0 Å². The number of allylic oxidation sites excluding steroid dienone is 1. The molecule has 3 N–H and O–H groups in total. The molecule has 1 spiro atoms. The maximum atomic E-state index is 12.6. The summed E-state index contributed by atoms with van der Waals surface area (Å²) in [6.07, 6.45) is 6.34. The van der Waals surface area contributed by atoms with Crippen molar-refractivity contribution in [2.45, 2.75) is 102 Å². The Bertz CT molecular complexity index is 619.